The first-order valence-electron chi connectivity index (χ1n) is 11.4. The molecular formula is C22H48N4. The molecule has 0 atom stereocenters. The second kappa shape index (κ2) is 13.9. The molecule has 2 aliphatic rings. The Morgan fingerprint density at radius 1 is 0.538 bits per heavy atom. The van der Waals surface area contributed by atoms with Gasteiger partial charge in [0.2, 0.25) is 0 Å². The van der Waals surface area contributed by atoms with E-state index in [9.17, 15) is 0 Å². The van der Waals surface area contributed by atoms with Gasteiger partial charge in [-0.05, 0) is 53.6 Å². The Bertz CT molecular complexity index is 284. The molecule has 0 spiro atoms. The lowest BCUT2D eigenvalue weighted by Gasteiger charge is -2.36. The molecule has 0 aromatic rings. The van der Waals surface area contributed by atoms with Gasteiger partial charge in [-0.1, -0.05) is 26.7 Å². The summed E-state index contributed by atoms with van der Waals surface area (Å²) in [6.45, 7) is 26.5. The summed E-state index contributed by atoms with van der Waals surface area (Å²) in [4.78, 5) is 10.3. The Morgan fingerprint density at radius 2 is 0.846 bits per heavy atom. The fourth-order valence-corrected chi connectivity index (χ4v) is 3.77. The maximum atomic E-state index is 2.60. The minimum absolute atomic E-state index is 0.730. The summed E-state index contributed by atoms with van der Waals surface area (Å²) in [5.74, 6) is 0. The van der Waals surface area contributed by atoms with Gasteiger partial charge in [-0.25, -0.2) is 0 Å². The number of piperazine rings is 2. The molecule has 0 N–H and O–H groups in total. The highest BCUT2D eigenvalue weighted by Crippen LogP contribution is 2.07. The van der Waals surface area contributed by atoms with Gasteiger partial charge < -0.3 is 9.80 Å². The van der Waals surface area contributed by atoms with Crippen molar-refractivity contribution in [3.63, 3.8) is 0 Å². The van der Waals surface area contributed by atoms with Crippen LogP contribution < -0.4 is 0 Å². The van der Waals surface area contributed by atoms with Crippen molar-refractivity contribution in [1.29, 1.82) is 0 Å². The monoisotopic (exact) mass is 368 g/mol. The second-order valence-electron chi connectivity index (χ2n) is 8.65. The summed E-state index contributed by atoms with van der Waals surface area (Å²) in [5.41, 5.74) is 0. The van der Waals surface area contributed by atoms with Crippen molar-refractivity contribution in [2.45, 2.75) is 79.3 Å². The number of nitrogens with zero attached hydrogens (tertiary/aromatic N) is 4. The first kappa shape index (κ1) is 23.9. The van der Waals surface area contributed by atoms with E-state index in [1.807, 2.05) is 0 Å². The Morgan fingerprint density at radius 3 is 1.08 bits per heavy atom. The van der Waals surface area contributed by atoms with Crippen LogP contribution in [0.5, 0.6) is 0 Å². The molecule has 2 fully saturated rings. The van der Waals surface area contributed by atoms with Crippen LogP contribution in [0.3, 0.4) is 0 Å². The van der Waals surface area contributed by atoms with Gasteiger partial charge in [0.05, 0.1) is 0 Å². The summed E-state index contributed by atoms with van der Waals surface area (Å²) in [6, 6.07) is 1.46. The lowest BCUT2D eigenvalue weighted by molar-refractivity contribution is 0.107. The van der Waals surface area contributed by atoms with Gasteiger partial charge in [0.15, 0.2) is 0 Å². The first-order chi connectivity index (χ1) is 12.5. The third kappa shape index (κ3) is 9.68. The van der Waals surface area contributed by atoms with Crippen LogP contribution in [-0.2, 0) is 0 Å². The van der Waals surface area contributed by atoms with Crippen molar-refractivity contribution in [2.75, 3.05) is 65.4 Å². The zero-order valence-electron chi connectivity index (χ0n) is 18.8. The van der Waals surface area contributed by atoms with Crippen LogP contribution in [0.1, 0.15) is 67.2 Å². The van der Waals surface area contributed by atoms with E-state index in [0.717, 1.165) is 12.1 Å². The van der Waals surface area contributed by atoms with E-state index in [2.05, 4.69) is 61.1 Å². The zero-order chi connectivity index (χ0) is 19.4. The molecule has 0 saturated carbocycles. The third-order valence-corrected chi connectivity index (χ3v) is 5.93. The molecule has 2 aliphatic heterocycles. The van der Waals surface area contributed by atoms with Crippen molar-refractivity contribution in [1.82, 2.24) is 19.6 Å². The molecule has 0 aromatic heterocycles. The van der Waals surface area contributed by atoms with E-state index >= 15 is 0 Å². The molecular weight excluding hydrogens is 320 g/mol. The largest absolute Gasteiger partial charge is 0.301 e. The highest BCUT2D eigenvalue weighted by molar-refractivity contribution is 4.74. The average Bonchev–Trinajstić information content (AvgIpc) is 2.66. The van der Waals surface area contributed by atoms with Crippen LogP contribution in [-0.4, -0.2) is 97.1 Å². The highest BCUT2D eigenvalue weighted by Gasteiger charge is 2.18. The summed E-state index contributed by atoms with van der Waals surface area (Å²) in [5, 5.41) is 0. The van der Waals surface area contributed by atoms with E-state index < -0.39 is 0 Å². The Kier molecular flexibility index (Phi) is 12.8. The molecule has 4 heteroatoms. The van der Waals surface area contributed by atoms with Crippen molar-refractivity contribution >= 4 is 0 Å². The topological polar surface area (TPSA) is 13.0 Å². The Balaban J connectivity index is 0.000000260. The number of rotatable bonds is 8. The lowest BCUT2D eigenvalue weighted by atomic mass is 10.2. The van der Waals surface area contributed by atoms with Gasteiger partial charge in [-0.2, -0.15) is 0 Å². The van der Waals surface area contributed by atoms with Gasteiger partial charge in [0.25, 0.3) is 0 Å². The van der Waals surface area contributed by atoms with Gasteiger partial charge in [0, 0.05) is 64.4 Å². The summed E-state index contributed by atoms with van der Waals surface area (Å²) < 4.78 is 0. The normalized spacial score (nSPS) is 21.2. The van der Waals surface area contributed by atoms with Crippen molar-refractivity contribution in [3.05, 3.63) is 0 Å². The fraction of sp³-hybridized carbons (Fsp3) is 1.00. The van der Waals surface area contributed by atoms with Crippen LogP contribution in [0.15, 0.2) is 0 Å². The van der Waals surface area contributed by atoms with E-state index in [-0.39, 0.29) is 0 Å². The van der Waals surface area contributed by atoms with Crippen molar-refractivity contribution in [2.24, 2.45) is 0 Å². The molecule has 2 heterocycles. The number of unbranched alkanes of at least 4 members (excludes halogenated alkanes) is 2. The highest BCUT2D eigenvalue weighted by atomic mass is 15.3. The van der Waals surface area contributed by atoms with Crippen LogP contribution in [0, 0.1) is 0 Å². The van der Waals surface area contributed by atoms with Crippen molar-refractivity contribution < 1.29 is 0 Å². The molecule has 26 heavy (non-hydrogen) atoms. The molecule has 0 aliphatic carbocycles. The number of hydrogen-bond donors (Lipinski definition) is 0. The van der Waals surface area contributed by atoms with Gasteiger partial charge in [0.1, 0.15) is 0 Å². The predicted molar refractivity (Wildman–Crippen MR) is 116 cm³/mol. The van der Waals surface area contributed by atoms with E-state index in [0.29, 0.717) is 0 Å². The molecule has 0 aromatic carbocycles. The van der Waals surface area contributed by atoms with Crippen LogP contribution in [0.25, 0.3) is 0 Å². The van der Waals surface area contributed by atoms with E-state index in [1.165, 1.54) is 91.1 Å². The van der Waals surface area contributed by atoms with E-state index in [4.69, 9.17) is 0 Å². The average molecular weight is 369 g/mol. The fourth-order valence-electron chi connectivity index (χ4n) is 3.77. The number of hydrogen-bond acceptors (Lipinski definition) is 4. The summed E-state index contributed by atoms with van der Waals surface area (Å²) in [7, 11) is 0. The van der Waals surface area contributed by atoms with Crippen LogP contribution >= 0.6 is 0 Å². The minimum Gasteiger partial charge on any atom is -0.301 e. The van der Waals surface area contributed by atoms with Gasteiger partial charge >= 0.3 is 0 Å². The molecule has 0 radical (unpaired) electrons. The first-order valence-corrected chi connectivity index (χ1v) is 11.4. The molecule has 0 bridgehead atoms. The SMILES string of the molecule is CCCCN1CCN(C(C)C)CC1.CCCCN1CCN(C(C)C)CC1. The van der Waals surface area contributed by atoms with Crippen LogP contribution in [0.4, 0.5) is 0 Å². The molecule has 156 valence electrons. The Hall–Kier alpha value is -0.160. The molecule has 2 rings (SSSR count). The van der Waals surface area contributed by atoms with E-state index in [1.54, 1.807) is 0 Å². The Labute approximate surface area is 164 Å². The van der Waals surface area contributed by atoms with Crippen molar-refractivity contribution in [3.8, 4) is 0 Å². The van der Waals surface area contributed by atoms with Crippen LogP contribution in [0.2, 0.25) is 0 Å². The summed E-state index contributed by atoms with van der Waals surface area (Å²) >= 11 is 0. The predicted octanol–water partition coefficient (Wildman–Crippen LogP) is 3.63. The van der Waals surface area contributed by atoms with Gasteiger partial charge in [-0.3, -0.25) is 9.80 Å². The molecule has 4 nitrogen and oxygen atoms in total. The standard InChI is InChI=1S/2C11H24N2/c2*1-4-5-6-12-7-9-13(10-8-12)11(2)3/h2*11H,4-10H2,1-3H3. The maximum Gasteiger partial charge on any atom is 0.0113 e. The summed E-state index contributed by atoms with van der Waals surface area (Å²) in [6.07, 6.45) is 5.37. The lowest BCUT2D eigenvalue weighted by Crippen LogP contribution is -2.48. The zero-order valence-corrected chi connectivity index (χ0v) is 18.8. The molecule has 0 unspecified atom stereocenters. The minimum atomic E-state index is 0.730. The molecule has 0 amide bonds. The van der Waals surface area contributed by atoms with Gasteiger partial charge in [-0.15, -0.1) is 0 Å². The quantitative estimate of drug-likeness (QED) is 0.648. The second-order valence-corrected chi connectivity index (χ2v) is 8.65. The smallest absolute Gasteiger partial charge is 0.0113 e. The third-order valence-electron chi connectivity index (χ3n) is 5.93. The maximum absolute atomic E-state index is 2.60. The molecule has 2 saturated heterocycles.